The van der Waals surface area contributed by atoms with E-state index in [1.807, 2.05) is 0 Å². The molecule has 0 radical (unpaired) electrons. The second kappa shape index (κ2) is 4.81. The highest BCUT2D eigenvalue weighted by Crippen LogP contribution is 2.42. The van der Waals surface area contributed by atoms with Crippen molar-refractivity contribution in [2.24, 2.45) is 0 Å². The number of nitrogens with zero attached hydrogens (tertiary/aromatic N) is 3. The first-order chi connectivity index (χ1) is 8.70. The maximum Gasteiger partial charge on any atom is 0.362 e. The number of aromatic nitrogens is 3. The van der Waals surface area contributed by atoms with E-state index in [4.69, 9.17) is 43.6 Å². The third-order valence-electron chi connectivity index (χ3n) is 2.29. The highest BCUT2D eigenvalue weighted by Gasteiger charge is 2.23. The van der Waals surface area contributed by atoms with Crippen molar-refractivity contribution in [3.05, 3.63) is 15.6 Å². The predicted molar refractivity (Wildman–Crippen MR) is 70.0 cm³/mol. The Hall–Kier alpha value is -1.05. The molecule has 104 valence electrons. The lowest BCUT2D eigenvalue weighted by atomic mass is 10.2. The average molecular weight is 327 g/mol. The maximum absolute atomic E-state index is 10.8. The number of ether oxygens (including phenoxy) is 1. The lowest BCUT2D eigenvalue weighted by molar-refractivity contribution is 0.302. The van der Waals surface area contributed by atoms with Gasteiger partial charge in [-0.3, -0.25) is 4.57 Å². The minimum atomic E-state index is -4.35. The van der Waals surface area contributed by atoms with E-state index in [1.165, 1.54) is 0 Å². The van der Waals surface area contributed by atoms with Gasteiger partial charge in [0.05, 0.1) is 10.0 Å². The molecule has 1 heterocycles. The van der Waals surface area contributed by atoms with Gasteiger partial charge >= 0.3 is 7.60 Å². The van der Waals surface area contributed by atoms with Crippen LogP contribution in [-0.4, -0.2) is 31.2 Å². The van der Waals surface area contributed by atoms with Crippen molar-refractivity contribution in [1.29, 1.82) is 0 Å². The van der Waals surface area contributed by atoms with Crippen molar-refractivity contribution < 1.29 is 19.1 Å². The quantitative estimate of drug-likeness (QED) is 0.573. The van der Waals surface area contributed by atoms with E-state index >= 15 is 0 Å². The van der Waals surface area contributed by atoms with Crippen LogP contribution in [0.15, 0.2) is 0 Å². The SMILES string of the molecule is Cc1c(Cl)c(OCP(=O)(O)O)c2nn(N)nc2c1Cl. The molecule has 0 atom stereocenters. The standard InChI is InChI=1S/C8H9Cl2N4O4P/c1-3-4(9)6-7(13-14(11)12-6)8(5(3)10)18-2-19(15,16)17/h2,11H2,1H3,(H2,15,16,17). The number of benzene rings is 1. The Labute approximate surface area is 117 Å². The van der Waals surface area contributed by atoms with Crippen molar-refractivity contribution >= 4 is 41.8 Å². The fourth-order valence-corrected chi connectivity index (χ4v) is 2.26. The van der Waals surface area contributed by atoms with E-state index in [9.17, 15) is 4.57 Å². The molecule has 0 unspecified atom stereocenters. The second-order valence-corrected chi connectivity index (χ2v) is 6.08. The van der Waals surface area contributed by atoms with Gasteiger partial charge in [-0.25, -0.2) is 0 Å². The first kappa shape index (κ1) is 14.4. The van der Waals surface area contributed by atoms with Crippen LogP contribution in [0.1, 0.15) is 5.56 Å². The summed E-state index contributed by atoms with van der Waals surface area (Å²) in [6.45, 7) is 1.62. The molecule has 8 nitrogen and oxygen atoms in total. The first-order valence-corrected chi connectivity index (χ1v) is 7.43. The number of fused-ring (bicyclic) bond motifs is 1. The molecule has 4 N–H and O–H groups in total. The smallest absolute Gasteiger partial charge is 0.362 e. The molecule has 1 aromatic heterocycles. The summed E-state index contributed by atoms with van der Waals surface area (Å²) in [5, 5.41) is 8.00. The number of hydrogen-bond acceptors (Lipinski definition) is 5. The molecule has 0 spiro atoms. The van der Waals surface area contributed by atoms with Gasteiger partial charge in [-0.05, 0) is 12.5 Å². The first-order valence-electron chi connectivity index (χ1n) is 4.87. The molecule has 0 fully saturated rings. The number of halogens is 2. The molecule has 1 aromatic carbocycles. The lowest BCUT2D eigenvalue weighted by Crippen LogP contribution is -2.11. The van der Waals surface area contributed by atoms with E-state index in [-0.39, 0.29) is 26.8 Å². The molecule has 0 bridgehead atoms. The van der Waals surface area contributed by atoms with Crippen molar-refractivity contribution in [3.63, 3.8) is 0 Å². The van der Waals surface area contributed by atoms with Crippen molar-refractivity contribution in [2.45, 2.75) is 6.92 Å². The molecule has 0 aliphatic rings. The van der Waals surface area contributed by atoms with Gasteiger partial charge in [-0.2, -0.15) is 0 Å². The van der Waals surface area contributed by atoms with Gasteiger partial charge in [-0.1, -0.05) is 28.1 Å². The molecule has 2 aromatic rings. The molecule has 0 saturated carbocycles. The van der Waals surface area contributed by atoms with Crippen molar-refractivity contribution in [2.75, 3.05) is 12.2 Å². The highest BCUT2D eigenvalue weighted by atomic mass is 35.5. The van der Waals surface area contributed by atoms with Gasteiger partial charge < -0.3 is 20.4 Å². The van der Waals surface area contributed by atoms with Crippen LogP contribution >= 0.6 is 30.8 Å². The fourth-order valence-electron chi connectivity index (χ4n) is 1.45. The van der Waals surface area contributed by atoms with Gasteiger partial charge in [0.15, 0.2) is 17.6 Å². The highest BCUT2D eigenvalue weighted by molar-refractivity contribution is 7.51. The number of rotatable bonds is 3. The summed E-state index contributed by atoms with van der Waals surface area (Å²) in [5.41, 5.74) is 0.834. The Balaban J connectivity index is 2.62. The molecule has 2 rings (SSSR count). The Kier molecular flexibility index (Phi) is 3.63. The molecular weight excluding hydrogens is 318 g/mol. The Morgan fingerprint density at radius 1 is 1.32 bits per heavy atom. The summed E-state index contributed by atoms with van der Waals surface area (Å²) >= 11 is 12.1. The van der Waals surface area contributed by atoms with E-state index in [2.05, 4.69) is 10.2 Å². The fraction of sp³-hybridized carbons (Fsp3) is 0.250. The van der Waals surface area contributed by atoms with E-state index < -0.39 is 13.9 Å². The van der Waals surface area contributed by atoms with Gasteiger partial charge in [-0.15, -0.1) is 10.2 Å². The summed E-state index contributed by atoms with van der Waals surface area (Å²) in [5.74, 6) is 5.38. The Bertz CT molecular complexity index is 698. The van der Waals surface area contributed by atoms with E-state index in [1.54, 1.807) is 6.92 Å². The maximum atomic E-state index is 10.8. The second-order valence-electron chi connectivity index (χ2n) is 3.74. The number of nitrogen functional groups attached to an aromatic ring is 1. The zero-order valence-corrected chi connectivity index (χ0v) is 11.9. The van der Waals surface area contributed by atoms with E-state index in [0.717, 1.165) is 4.91 Å². The normalized spacial score (nSPS) is 12.1. The van der Waals surface area contributed by atoms with Crippen LogP contribution in [0.4, 0.5) is 0 Å². The molecular formula is C8H9Cl2N4O4P. The monoisotopic (exact) mass is 326 g/mol. The zero-order valence-electron chi connectivity index (χ0n) is 9.54. The molecule has 0 saturated heterocycles. The molecule has 11 heteroatoms. The topological polar surface area (TPSA) is 123 Å². The summed E-state index contributed by atoms with van der Waals surface area (Å²) in [4.78, 5) is 18.4. The number of hydrogen-bond donors (Lipinski definition) is 3. The summed E-state index contributed by atoms with van der Waals surface area (Å²) < 4.78 is 15.9. The van der Waals surface area contributed by atoms with Gasteiger partial charge in [0.25, 0.3) is 0 Å². The molecule has 19 heavy (non-hydrogen) atoms. The summed E-state index contributed by atoms with van der Waals surface area (Å²) in [6.07, 6.45) is -0.833. The Morgan fingerprint density at radius 2 is 1.89 bits per heavy atom. The summed E-state index contributed by atoms with van der Waals surface area (Å²) in [7, 11) is -4.35. The third kappa shape index (κ3) is 2.77. The predicted octanol–water partition coefficient (Wildman–Crippen LogP) is 1.27. The lowest BCUT2D eigenvalue weighted by Gasteiger charge is -2.11. The van der Waals surface area contributed by atoms with Crippen LogP contribution in [-0.2, 0) is 4.57 Å². The Morgan fingerprint density at radius 3 is 2.47 bits per heavy atom. The van der Waals surface area contributed by atoms with Crippen molar-refractivity contribution in [1.82, 2.24) is 15.1 Å². The summed E-state index contributed by atoms with van der Waals surface area (Å²) in [6, 6.07) is 0. The van der Waals surface area contributed by atoms with Crippen LogP contribution in [0.25, 0.3) is 11.0 Å². The molecule has 0 aliphatic heterocycles. The van der Waals surface area contributed by atoms with Crippen molar-refractivity contribution in [3.8, 4) is 5.75 Å². The molecule has 0 aliphatic carbocycles. The van der Waals surface area contributed by atoms with E-state index in [0.29, 0.717) is 5.56 Å². The van der Waals surface area contributed by atoms with Crippen LogP contribution in [0.3, 0.4) is 0 Å². The minimum absolute atomic E-state index is 0.0152. The van der Waals surface area contributed by atoms with Gasteiger partial charge in [0.1, 0.15) is 5.52 Å². The van der Waals surface area contributed by atoms with Crippen LogP contribution in [0, 0.1) is 6.92 Å². The van der Waals surface area contributed by atoms with Gasteiger partial charge in [0.2, 0.25) is 0 Å². The molecule has 0 amide bonds. The van der Waals surface area contributed by atoms with Crippen LogP contribution in [0.5, 0.6) is 5.75 Å². The third-order valence-corrected chi connectivity index (χ3v) is 3.67. The number of nitrogens with two attached hydrogens (primary N) is 1. The van der Waals surface area contributed by atoms with Crippen LogP contribution < -0.4 is 10.6 Å². The zero-order chi connectivity index (χ0) is 14.4. The average Bonchev–Trinajstić information content (AvgIpc) is 2.66. The van der Waals surface area contributed by atoms with Gasteiger partial charge in [0, 0.05) is 0 Å². The largest absolute Gasteiger partial charge is 0.477 e. The minimum Gasteiger partial charge on any atom is -0.477 e. The van der Waals surface area contributed by atoms with Crippen LogP contribution in [0.2, 0.25) is 10.0 Å².